The Bertz CT molecular complexity index is 969. The van der Waals surface area contributed by atoms with Gasteiger partial charge in [0.1, 0.15) is 5.60 Å². The highest BCUT2D eigenvalue weighted by Crippen LogP contribution is 2.69. The predicted molar refractivity (Wildman–Crippen MR) is 136 cm³/mol. The standard InChI is InChI=1S/C29H44O8/c1-8-34-19-15-20(35-14-10-9-11-21(31)32)28(7)23(17(19)3)26-29(37-26)13-12-16(2)22(27(29,5)6)24(25(28)33)36-18(4)30/h17,19-20,23-24,26H,8-15H2,1-7H3,(H,31,32)/t17?,19?,20?,23?,24?,26-,28?,29?/m0/s1. The number of hydrogen-bond donors (Lipinski definition) is 1. The summed E-state index contributed by atoms with van der Waals surface area (Å²) in [5, 5.41) is 8.99. The monoisotopic (exact) mass is 520 g/mol. The van der Waals surface area contributed by atoms with E-state index in [-0.39, 0.29) is 36.2 Å². The molecule has 0 aromatic rings. The van der Waals surface area contributed by atoms with Crippen LogP contribution in [0.2, 0.25) is 0 Å². The largest absolute Gasteiger partial charge is 0.481 e. The van der Waals surface area contributed by atoms with Gasteiger partial charge in [0.05, 0.1) is 23.7 Å². The van der Waals surface area contributed by atoms with Gasteiger partial charge in [-0.25, -0.2) is 0 Å². The van der Waals surface area contributed by atoms with Crippen LogP contribution in [0.4, 0.5) is 0 Å². The lowest BCUT2D eigenvalue weighted by Gasteiger charge is -2.55. The summed E-state index contributed by atoms with van der Waals surface area (Å²) in [6, 6.07) is 0. The summed E-state index contributed by atoms with van der Waals surface area (Å²) in [6.45, 7) is 14.6. The molecular weight excluding hydrogens is 476 g/mol. The smallest absolute Gasteiger partial charge is 0.303 e. The molecule has 1 N–H and O–H groups in total. The van der Waals surface area contributed by atoms with Gasteiger partial charge in [-0.3, -0.25) is 14.4 Å². The first-order valence-corrected chi connectivity index (χ1v) is 13.9. The highest BCUT2D eigenvalue weighted by molar-refractivity contribution is 5.95. The highest BCUT2D eigenvalue weighted by atomic mass is 16.6. The van der Waals surface area contributed by atoms with Crippen LogP contribution in [0.5, 0.6) is 0 Å². The summed E-state index contributed by atoms with van der Waals surface area (Å²) in [5.74, 6) is -1.58. The third-order valence-corrected chi connectivity index (χ3v) is 9.89. The number of ether oxygens (including phenoxy) is 4. The van der Waals surface area contributed by atoms with E-state index in [2.05, 4.69) is 20.8 Å². The first kappa shape index (κ1) is 28.2. The lowest BCUT2D eigenvalue weighted by atomic mass is 9.49. The van der Waals surface area contributed by atoms with Crippen LogP contribution < -0.4 is 0 Å². The molecule has 0 radical (unpaired) electrons. The van der Waals surface area contributed by atoms with Crippen LogP contribution in [0, 0.1) is 22.7 Å². The lowest BCUT2D eigenvalue weighted by molar-refractivity contribution is -0.187. The number of carbonyl (C=O) groups excluding carboxylic acids is 2. The number of carboxylic acid groups (broad SMARTS) is 1. The molecule has 2 saturated carbocycles. The number of ketones is 1. The SMILES string of the molecule is CCOC1CC(OCCCCC(=O)O)C2(C)C(=O)C(OC(C)=O)C3=C(C)CCC4(O[C@H]4C2C1C)C3(C)C. The molecule has 3 fully saturated rings. The topological polar surface area (TPSA) is 112 Å². The second-order valence-corrected chi connectivity index (χ2v) is 12.2. The molecule has 37 heavy (non-hydrogen) atoms. The molecular formula is C29H44O8. The van der Waals surface area contributed by atoms with E-state index in [1.165, 1.54) is 6.92 Å². The number of esters is 1. The molecule has 8 atom stereocenters. The molecule has 1 aliphatic heterocycles. The Hall–Kier alpha value is -1.77. The molecule has 4 aliphatic rings. The third kappa shape index (κ3) is 4.47. The van der Waals surface area contributed by atoms with Crippen LogP contribution in [0.1, 0.15) is 87.0 Å². The second-order valence-electron chi connectivity index (χ2n) is 12.2. The number of fused-ring (bicyclic) bond motifs is 3. The van der Waals surface area contributed by atoms with Crippen molar-refractivity contribution in [1.82, 2.24) is 0 Å². The minimum atomic E-state index is -0.990. The number of hydrogen-bond acceptors (Lipinski definition) is 7. The van der Waals surface area contributed by atoms with Gasteiger partial charge in [0.15, 0.2) is 11.9 Å². The zero-order valence-electron chi connectivity index (χ0n) is 23.4. The van der Waals surface area contributed by atoms with Gasteiger partial charge in [0.2, 0.25) is 0 Å². The van der Waals surface area contributed by atoms with Crippen LogP contribution in [-0.4, -0.2) is 66.1 Å². The van der Waals surface area contributed by atoms with Crippen molar-refractivity contribution < 1.29 is 38.4 Å². The minimum absolute atomic E-state index is 0.0347. The molecule has 0 aromatic carbocycles. The Balaban J connectivity index is 1.79. The number of carbonyl (C=O) groups is 3. The van der Waals surface area contributed by atoms with E-state index < -0.39 is 40.6 Å². The summed E-state index contributed by atoms with van der Waals surface area (Å²) in [4.78, 5) is 38.0. The van der Waals surface area contributed by atoms with Gasteiger partial charge in [-0.05, 0) is 57.9 Å². The van der Waals surface area contributed by atoms with Crippen LogP contribution in [0.3, 0.4) is 0 Å². The molecule has 1 saturated heterocycles. The fourth-order valence-electron chi connectivity index (χ4n) is 7.94. The maximum Gasteiger partial charge on any atom is 0.303 e. The van der Waals surface area contributed by atoms with Gasteiger partial charge in [0, 0.05) is 44.3 Å². The Morgan fingerprint density at radius 1 is 1.16 bits per heavy atom. The molecule has 208 valence electrons. The summed E-state index contributed by atoms with van der Waals surface area (Å²) in [7, 11) is 0. The molecule has 4 rings (SSSR count). The lowest BCUT2D eigenvalue weighted by Crippen LogP contribution is -2.65. The Labute approximate surface area is 220 Å². The average molecular weight is 521 g/mol. The van der Waals surface area contributed by atoms with Gasteiger partial charge >= 0.3 is 11.9 Å². The number of aliphatic carboxylic acids is 1. The van der Waals surface area contributed by atoms with E-state index in [4.69, 9.17) is 24.1 Å². The maximum absolute atomic E-state index is 14.7. The number of epoxide rings is 1. The van der Waals surface area contributed by atoms with Gasteiger partial charge in [0.25, 0.3) is 0 Å². The van der Waals surface area contributed by atoms with E-state index in [9.17, 15) is 14.4 Å². The van der Waals surface area contributed by atoms with Gasteiger partial charge < -0.3 is 24.1 Å². The van der Waals surface area contributed by atoms with Gasteiger partial charge in [-0.15, -0.1) is 0 Å². The van der Waals surface area contributed by atoms with Crippen molar-refractivity contribution in [3.63, 3.8) is 0 Å². The molecule has 0 amide bonds. The number of allylic oxidation sites excluding steroid dienone is 1. The zero-order chi connectivity index (χ0) is 27.3. The van der Waals surface area contributed by atoms with Gasteiger partial charge in [-0.1, -0.05) is 26.3 Å². The molecule has 0 aromatic heterocycles. The summed E-state index contributed by atoms with van der Waals surface area (Å²) in [6.07, 6.45) is 1.69. The van der Waals surface area contributed by atoms with E-state index in [1.807, 2.05) is 20.8 Å². The fourth-order valence-corrected chi connectivity index (χ4v) is 7.94. The maximum atomic E-state index is 14.7. The van der Waals surface area contributed by atoms with Crippen LogP contribution in [0.15, 0.2) is 11.1 Å². The molecule has 3 aliphatic carbocycles. The number of carboxylic acids is 1. The van der Waals surface area contributed by atoms with Crippen molar-refractivity contribution in [2.75, 3.05) is 13.2 Å². The zero-order valence-corrected chi connectivity index (χ0v) is 23.4. The van der Waals surface area contributed by atoms with Crippen LogP contribution >= 0.6 is 0 Å². The average Bonchev–Trinajstić information content (AvgIpc) is 3.52. The van der Waals surface area contributed by atoms with Crippen molar-refractivity contribution in [1.29, 1.82) is 0 Å². The van der Waals surface area contributed by atoms with Crippen molar-refractivity contribution >= 4 is 17.7 Å². The second kappa shape index (κ2) is 10.1. The van der Waals surface area contributed by atoms with Crippen LogP contribution in [0.25, 0.3) is 0 Å². The summed E-state index contributed by atoms with van der Waals surface area (Å²) in [5.41, 5.74) is 0.102. The summed E-state index contributed by atoms with van der Waals surface area (Å²) < 4.78 is 25.2. The van der Waals surface area contributed by atoms with E-state index >= 15 is 0 Å². The first-order chi connectivity index (χ1) is 17.3. The molecule has 7 unspecified atom stereocenters. The number of rotatable bonds is 9. The van der Waals surface area contributed by atoms with Crippen molar-refractivity contribution in [2.45, 2.75) is 117 Å². The normalized spacial score (nSPS) is 40.2. The first-order valence-electron chi connectivity index (χ1n) is 13.9. The van der Waals surface area contributed by atoms with Crippen molar-refractivity contribution in [3.05, 3.63) is 11.1 Å². The van der Waals surface area contributed by atoms with Crippen LogP contribution in [-0.2, 0) is 33.3 Å². The number of Topliss-reactive ketones (excluding diaryl/α,β-unsaturated/α-hetero) is 1. The van der Waals surface area contributed by atoms with E-state index in [0.29, 0.717) is 32.5 Å². The fraction of sp³-hybridized carbons (Fsp3) is 0.828. The summed E-state index contributed by atoms with van der Waals surface area (Å²) >= 11 is 0. The van der Waals surface area contributed by atoms with E-state index in [0.717, 1.165) is 24.0 Å². The van der Waals surface area contributed by atoms with Gasteiger partial charge in [-0.2, -0.15) is 0 Å². The molecule has 8 nitrogen and oxygen atoms in total. The Kier molecular flexibility index (Phi) is 7.70. The Morgan fingerprint density at radius 3 is 2.49 bits per heavy atom. The quantitative estimate of drug-likeness (QED) is 0.205. The molecule has 8 heteroatoms. The number of unbranched alkanes of at least 4 members (excludes halogenated alkanes) is 1. The van der Waals surface area contributed by atoms with Crippen molar-refractivity contribution in [3.8, 4) is 0 Å². The third-order valence-electron chi connectivity index (χ3n) is 9.89. The Morgan fingerprint density at radius 2 is 1.86 bits per heavy atom. The predicted octanol–water partition coefficient (Wildman–Crippen LogP) is 4.48. The molecule has 2 bridgehead atoms. The minimum Gasteiger partial charge on any atom is -0.481 e. The van der Waals surface area contributed by atoms with Crippen molar-refractivity contribution in [2.24, 2.45) is 22.7 Å². The van der Waals surface area contributed by atoms with E-state index in [1.54, 1.807) is 0 Å². The highest BCUT2D eigenvalue weighted by Gasteiger charge is 2.77. The molecule has 1 heterocycles. The molecule has 1 spiro atoms.